The Hall–Kier alpha value is -1.40. The van der Waals surface area contributed by atoms with E-state index in [0.717, 1.165) is 5.56 Å². The molecule has 0 aliphatic carbocycles. The molecule has 1 aromatic rings. The number of hydrogen-bond acceptors (Lipinski definition) is 4. The van der Waals surface area contributed by atoms with Crippen LogP contribution in [0, 0.1) is 10.1 Å². The van der Waals surface area contributed by atoms with Crippen molar-refractivity contribution in [3.8, 4) is 5.75 Å². The lowest BCUT2D eigenvalue weighted by atomic mass is 10.1. The molecule has 1 aromatic carbocycles. The molecule has 0 heterocycles. The number of halogens is 1. The molecular weight excluding hydrogens is 312 g/mol. The number of hydrogen-bond donors (Lipinski definition) is 1. The van der Waals surface area contributed by atoms with Gasteiger partial charge in [-0.2, -0.15) is 0 Å². The van der Waals surface area contributed by atoms with Crippen molar-refractivity contribution in [1.82, 2.24) is 5.32 Å². The van der Waals surface area contributed by atoms with Crippen LogP contribution in [-0.2, 0) is 6.54 Å². The molecule has 0 saturated heterocycles. The maximum absolute atomic E-state index is 10.8. The van der Waals surface area contributed by atoms with Crippen LogP contribution in [0.15, 0.2) is 29.3 Å². The molecule has 0 atom stereocenters. The minimum absolute atomic E-state index is 0.0607. The average Bonchev–Trinajstić information content (AvgIpc) is 2.33. The Bertz CT molecular complexity index is 475. The molecule has 19 heavy (non-hydrogen) atoms. The zero-order chi connectivity index (χ0) is 14.4. The smallest absolute Gasteiger partial charge is 0.270 e. The van der Waals surface area contributed by atoms with Crippen LogP contribution in [0.4, 0.5) is 5.69 Å². The summed E-state index contributed by atoms with van der Waals surface area (Å²) in [6, 6.07) is 4.87. The van der Waals surface area contributed by atoms with Gasteiger partial charge in [-0.15, -0.1) is 0 Å². The topological polar surface area (TPSA) is 64.4 Å². The van der Waals surface area contributed by atoms with E-state index >= 15 is 0 Å². The number of nitrogens with one attached hydrogen (secondary N) is 1. The third-order valence-electron chi connectivity index (χ3n) is 2.34. The largest absolute Gasteiger partial charge is 0.488 e. The van der Waals surface area contributed by atoms with Crippen molar-refractivity contribution in [1.29, 1.82) is 0 Å². The van der Waals surface area contributed by atoms with E-state index in [4.69, 9.17) is 4.74 Å². The summed E-state index contributed by atoms with van der Waals surface area (Å²) < 4.78 is 6.27. The molecule has 5 nitrogen and oxygen atoms in total. The second kappa shape index (κ2) is 7.25. The highest BCUT2D eigenvalue weighted by molar-refractivity contribution is 9.11. The Balaban J connectivity index is 2.93. The summed E-state index contributed by atoms with van der Waals surface area (Å²) in [6.45, 7) is 8.56. The van der Waals surface area contributed by atoms with Crippen LogP contribution in [0.2, 0.25) is 0 Å². The van der Waals surface area contributed by atoms with Gasteiger partial charge in [-0.3, -0.25) is 10.1 Å². The zero-order valence-corrected chi connectivity index (χ0v) is 12.6. The maximum Gasteiger partial charge on any atom is 0.270 e. The van der Waals surface area contributed by atoms with Gasteiger partial charge in [0.2, 0.25) is 0 Å². The molecular formula is C13H17BrN2O3. The van der Waals surface area contributed by atoms with Crippen LogP contribution in [0.1, 0.15) is 19.4 Å². The van der Waals surface area contributed by atoms with Gasteiger partial charge in [0, 0.05) is 34.8 Å². The van der Waals surface area contributed by atoms with Gasteiger partial charge in [-0.25, -0.2) is 0 Å². The van der Waals surface area contributed by atoms with Crippen molar-refractivity contribution in [3.05, 3.63) is 44.9 Å². The second-order valence-electron chi connectivity index (χ2n) is 4.39. The first-order valence-electron chi connectivity index (χ1n) is 5.87. The molecule has 0 aromatic heterocycles. The summed E-state index contributed by atoms with van der Waals surface area (Å²) in [5.74, 6) is 0.624. The Morgan fingerprint density at radius 3 is 2.79 bits per heavy atom. The summed E-state index contributed by atoms with van der Waals surface area (Å²) in [7, 11) is 0. The van der Waals surface area contributed by atoms with Crippen LogP contribution in [0.5, 0.6) is 5.75 Å². The fourth-order valence-electron chi connectivity index (χ4n) is 1.43. The van der Waals surface area contributed by atoms with Gasteiger partial charge in [-0.1, -0.05) is 36.4 Å². The van der Waals surface area contributed by atoms with Gasteiger partial charge in [-0.05, 0) is 6.07 Å². The SMILES string of the molecule is C=C(Br)COc1ccc([N+](=O)[O-])cc1CNC(C)C. The molecule has 0 amide bonds. The number of non-ortho nitro benzene ring substituents is 1. The van der Waals surface area contributed by atoms with Crippen LogP contribution in [0.3, 0.4) is 0 Å². The highest BCUT2D eigenvalue weighted by Crippen LogP contribution is 2.25. The average molecular weight is 329 g/mol. The standard InChI is InChI=1S/C13H17BrN2O3/c1-9(2)15-7-11-6-12(16(17)18)4-5-13(11)19-8-10(3)14/h4-6,9,15H,3,7-8H2,1-2H3. The van der Waals surface area contributed by atoms with Crippen molar-refractivity contribution in [2.75, 3.05) is 6.61 Å². The fourth-order valence-corrected chi connectivity index (χ4v) is 1.54. The number of rotatable bonds is 7. The second-order valence-corrected chi connectivity index (χ2v) is 5.51. The lowest BCUT2D eigenvalue weighted by molar-refractivity contribution is -0.384. The molecule has 0 aliphatic rings. The van der Waals surface area contributed by atoms with Crippen LogP contribution in [0.25, 0.3) is 0 Å². The quantitative estimate of drug-likeness (QED) is 0.615. The number of nitrogens with zero attached hydrogens (tertiary/aromatic N) is 1. The summed E-state index contributed by atoms with van der Waals surface area (Å²) in [6.07, 6.45) is 0. The minimum Gasteiger partial charge on any atom is -0.488 e. The number of nitro benzene ring substituents is 1. The van der Waals surface area contributed by atoms with E-state index in [0.29, 0.717) is 29.4 Å². The summed E-state index contributed by atoms with van der Waals surface area (Å²) >= 11 is 3.21. The van der Waals surface area contributed by atoms with E-state index in [1.165, 1.54) is 12.1 Å². The summed E-state index contributed by atoms with van der Waals surface area (Å²) in [4.78, 5) is 10.4. The molecule has 0 bridgehead atoms. The van der Waals surface area contributed by atoms with Gasteiger partial charge in [0.05, 0.1) is 4.92 Å². The van der Waals surface area contributed by atoms with Crippen LogP contribution >= 0.6 is 15.9 Å². The van der Waals surface area contributed by atoms with Crippen LogP contribution < -0.4 is 10.1 Å². The van der Waals surface area contributed by atoms with Crippen molar-refractivity contribution in [3.63, 3.8) is 0 Å². The monoisotopic (exact) mass is 328 g/mol. The lowest BCUT2D eigenvalue weighted by Gasteiger charge is -2.13. The van der Waals surface area contributed by atoms with E-state index in [1.807, 2.05) is 13.8 Å². The van der Waals surface area contributed by atoms with Crippen molar-refractivity contribution in [2.24, 2.45) is 0 Å². The third-order valence-corrected chi connectivity index (χ3v) is 2.57. The highest BCUT2D eigenvalue weighted by Gasteiger charge is 2.12. The van der Waals surface area contributed by atoms with Crippen molar-refractivity contribution in [2.45, 2.75) is 26.4 Å². The predicted octanol–water partition coefficient (Wildman–Crippen LogP) is 3.38. The molecule has 6 heteroatoms. The van der Waals surface area contributed by atoms with Gasteiger partial charge in [0.25, 0.3) is 5.69 Å². The first-order valence-corrected chi connectivity index (χ1v) is 6.66. The van der Waals surface area contributed by atoms with Gasteiger partial charge >= 0.3 is 0 Å². The van der Waals surface area contributed by atoms with Gasteiger partial charge in [0.1, 0.15) is 12.4 Å². The molecule has 0 fully saturated rings. The number of benzene rings is 1. The molecule has 0 aliphatic heterocycles. The molecule has 0 radical (unpaired) electrons. The highest BCUT2D eigenvalue weighted by atomic mass is 79.9. The first kappa shape index (κ1) is 15.7. The van der Waals surface area contributed by atoms with Gasteiger partial charge in [0.15, 0.2) is 0 Å². The van der Waals surface area contributed by atoms with E-state index in [1.54, 1.807) is 6.07 Å². The molecule has 1 rings (SSSR count). The van der Waals surface area contributed by atoms with E-state index in [2.05, 4.69) is 27.8 Å². The molecule has 0 unspecified atom stereocenters. The first-order chi connectivity index (χ1) is 8.90. The Morgan fingerprint density at radius 1 is 1.58 bits per heavy atom. The maximum atomic E-state index is 10.8. The van der Waals surface area contributed by atoms with E-state index in [-0.39, 0.29) is 5.69 Å². The van der Waals surface area contributed by atoms with Crippen molar-refractivity contribution < 1.29 is 9.66 Å². The number of nitro groups is 1. The van der Waals surface area contributed by atoms with Crippen LogP contribution in [-0.4, -0.2) is 17.6 Å². The molecule has 104 valence electrons. The fraction of sp³-hybridized carbons (Fsp3) is 0.385. The molecule has 1 N–H and O–H groups in total. The predicted molar refractivity (Wildman–Crippen MR) is 78.6 cm³/mol. The zero-order valence-electron chi connectivity index (χ0n) is 11.0. The van der Waals surface area contributed by atoms with Gasteiger partial charge < -0.3 is 10.1 Å². The summed E-state index contributed by atoms with van der Waals surface area (Å²) in [5, 5.41) is 14.0. The number of ether oxygens (including phenoxy) is 1. The Kier molecular flexibility index (Phi) is 5.98. The summed E-state index contributed by atoms with van der Waals surface area (Å²) in [5.41, 5.74) is 0.822. The third kappa shape index (κ3) is 5.40. The Morgan fingerprint density at radius 2 is 2.26 bits per heavy atom. The van der Waals surface area contributed by atoms with E-state index in [9.17, 15) is 10.1 Å². The minimum atomic E-state index is -0.411. The molecule has 0 saturated carbocycles. The Labute approximate surface area is 120 Å². The lowest BCUT2D eigenvalue weighted by Crippen LogP contribution is -2.22. The normalized spacial score (nSPS) is 10.5. The molecule has 0 spiro atoms. The van der Waals surface area contributed by atoms with Crippen molar-refractivity contribution >= 4 is 21.6 Å². The van der Waals surface area contributed by atoms with E-state index < -0.39 is 4.92 Å².